The molecule has 2 aliphatic heterocycles. The normalized spacial score (nSPS) is 19.8. The van der Waals surface area contributed by atoms with E-state index in [2.05, 4.69) is 68.8 Å². The molecule has 22 N–H and O–H groups in total. The number of guanidine groups is 1. The number of benzene rings is 4. The summed E-state index contributed by atoms with van der Waals surface area (Å²) in [6.07, 6.45) is -0.574. The van der Waals surface area contributed by atoms with Gasteiger partial charge in [0.15, 0.2) is 5.96 Å². The number of carbonyl (C=O) groups excluding carboxylic acids is 13. The van der Waals surface area contributed by atoms with Crippen molar-refractivity contribution in [1.29, 1.82) is 5.41 Å². The van der Waals surface area contributed by atoms with Gasteiger partial charge in [-0.3, -0.25) is 73.2 Å². The number of aromatic nitrogens is 1. The first-order valence-electron chi connectivity index (χ1n) is 33.4. The Bertz CT molecular complexity index is 3970. The van der Waals surface area contributed by atoms with E-state index in [1.54, 1.807) is 86.8 Å². The van der Waals surface area contributed by atoms with Gasteiger partial charge in [-0.2, -0.15) is 0 Å². The molecule has 5 aromatic rings. The van der Waals surface area contributed by atoms with Gasteiger partial charge < -0.3 is 90.3 Å². The number of likely N-dealkylation sites (tertiary alicyclic amines) is 1. The molecule has 0 bridgehead atoms. The van der Waals surface area contributed by atoms with Gasteiger partial charge in [-0.05, 0) is 83.7 Å². The first-order valence-corrected chi connectivity index (χ1v) is 33.8. The van der Waals surface area contributed by atoms with Crippen molar-refractivity contribution in [3.05, 3.63) is 119 Å². The molecule has 0 unspecified atom stereocenters. The number of nitrogens with one attached hydrogen (secondary N) is 15. The standard InChI is InChI=1S/C68H88ClN19O15/c1-35(2)24-46(58(93)79-45(14-8-22-74-68(71)72)66(101)88-23-9-15-54(88)65(100)85-52(31-70)67(102)103)80-60(95)48(27-38-16-19-39-10-4-5-11-40(39)25-38)82-64(99)53-33-76-57(92)34-77-55(90)29-50(78-36(3)89)62(97)81-47(26-37-17-20-42(69)21-18-37)59(94)83-49(28-41-32-75-44-13-7-6-12-43(41)44)61(96)84-51(63(98)86-53)30-56(91)87-73/h4-7,10-13,16-21,25,32,35,45-54,75H,8-9,14-15,22-24,26-31,33-34,70,73H2,1-3H3,(H,76,92)(H,77,90)(H,78,89)(H,79,93)(H,80,95)(H,81,97)(H,82,99)(H,83,94)(H,84,96)(H,85,100)(H,86,98)(H,87,91)(H,102,103)(H4,71,72,74)/t45-,46-,47+,48+,49+,50-,51-,52-,53-,54-/m0/s1. The summed E-state index contributed by atoms with van der Waals surface area (Å²) in [6.45, 7) is 2.55. The molecule has 0 aliphatic carbocycles. The van der Waals surface area contributed by atoms with E-state index >= 15 is 14.4 Å². The number of nitrogens with zero attached hydrogens (tertiary/aromatic N) is 1. The third-order valence-corrected chi connectivity index (χ3v) is 17.3. The minimum atomic E-state index is -1.96. The van der Waals surface area contributed by atoms with Crippen LogP contribution < -0.4 is 86.5 Å². The smallest absolute Gasteiger partial charge is 0.327 e. The first kappa shape index (κ1) is 79.1. The fourth-order valence-corrected chi connectivity index (χ4v) is 12.0. The number of rotatable bonds is 26. The van der Waals surface area contributed by atoms with Crippen LogP contribution in [0.3, 0.4) is 0 Å². The van der Waals surface area contributed by atoms with Crippen LogP contribution in [0.4, 0.5) is 0 Å². The van der Waals surface area contributed by atoms with Gasteiger partial charge in [-0.1, -0.05) is 98.2 Å². The molecule has 35 heteroatoms. The van der Waals surface area contributed by atoms with E-state index in [1.807, 2.05) is 17.6 Å². The van der Waals surface area contributed by atoms with Crippen molar-refractivity contribution in [3.8, 4) is 0 Å². The Labute approximate surface area is 596 Å². The van der Waals surface area contributed by atoms with E-state index in [9.17, 15) is 57.8 Å². The lowest BCUT2D eigenvalue weighted by Crippen LogP contribution is -2.63. The Morgan fingerprint density at radius 3 is 2.02 bits per heavy atom. The number of nitrogens with two attached hydrogens (primary N) is 3. The highest BCUT2D eigenvalue weighted by atomic mass is 35.5. The van der Waals surface area contributed by atoms with Crippen molar-refractivity contribution in [1.82, 2.24) is 79.1 Å². The second-order valence-corrected chi connectivity index (χ2v) is 25.9. The van der Waals surface area contributed by atoms with E-state index in [0.717, 1.165) is 17.7 Å². The fraction of sp³-hybridized carbons (Fsp3) is 0.426. The molecule has 3 heterocycles. The molecule has 0 spiro atoms. The van der Waals surface area contributed by atoms with Crippen LogP contribution in [-0.4, -0.2) is 197 Å². The molecule has 2 fully saturated rings. The van der Waals surface area contributed by atoms with Crippen LogP contribution in [0.2, 0.25) is 5.02 Å². The molecule has 2 aliphatic rings. The average Bonchev–Trinajstić information content (AvgIpc) is 1.79. The Morgan fingerprint density at radius 1 is 0.709 bits per heavy atom. The van der Waals surface area contributed by atoms with Gasteiger partial charge in [0.1, 0.15) is 60.4 Å². The second-order valence-electron chi connectivity index (χ2n) is 25.5. The molecule has 4 aromatic carbocycles. The number of hydrazine groups is 1. The van der Waals surface area contributed by atoms with Crippen LogP contribution >= 0.6 is 11.6 Å². The van der Waals surface area contributed by atoms with E-state index in [0.29, 0.717) is 39.0 Å². The zero-order valence-electron chi connectivity index (χ0n) is 56.9. The summed E-state index contributed by atoms with van der Waals surface area (Å²) in [5, 5.41) is 50.2. The van der Waals surface area contributed by atoms with E-state index in [4.69, 9.17) is 34.3 Å². The predicted octanol–water partition coefficient (Wildman–Crippen LogP) is -3.25. The van der Waals surface area contributed by atoms with Gasteiger partial charge in [0.2, 0.25) is 76.8 Å². The minimum absolute atomic E-state index is 0.0421. The molecule has 34 nitrogen and oxygen atoms in total. The number of carboxylic acids is 1. The molecular formula is C68H88ClN19O15. The topological polar surface area (TPSA) is 537 Å². The number of aromatic amines is 1. The fourth-order valence-electron chi connectivity index (χ4n) is 11.8. The SMILES string of the molecule is CC(=O)N[C@H]1CC(=O)NCC(=O)NC[C@@H](C(=O)N[C@H](Cc2ccc3ccccc3c2)C(=O)N[C@@H](CC(C)C)C(=O)N[C@@H](CCCNC(=N)N)C(=O)N2CCC[C@H]2C(=O)N[C@@H](CN)C(=O)O)NC(=O)[C@H](CC(=O)NN)NC(=O)[C@@H](Cc2c[nH]c3ccccc23)NC(=O)[C@@H](Cc2ccc(Cl)cc2)NC1=O. The van der Waals surface area contributed by atoms with Crippen molar-refractivity contribution in [2.45, 2.75) is 145 Å². The summed E-state index contributed by atoms with van der Waals surface area (Å²) >= 11 is 6.19. The van der Waals surface area contributed by atoms with Crippen molar-refractivity contribution < 1.29 is 72.2 Å². The van der Waals surface area contributed by atoms with Gasteiger partial charge in [0.25, 0.3) is 0 Å². The highest BCUT2D eigenvalue weighted by Crippen LogP contribution is 2.23. The second kappa shape index (κ2) is 38.0. The van der Waals surface area contributed by atoms with Gasteiger partial charge in [-0.15, -0.1) is 0 Å². The summed E-state index contributed by atoms with van der Waals surface area (Å²) in [5.74, 6) is -9.25. The zero-order valence-corrected chi connectivity index (χ0v) is 57.7. The van der Waals surface area contributed by atoms with Gasteiger partial charge in [0, 0.05) is 74.5 Å². The molecule has 552 valence electrons. The summed E-state index contributed by atoms with van der Waals surface area (Å²) in [4.78, 5) is 202. The number of carbonyl (C=O) groups is 14. The van der Waals surface area contributed by atoms with Gasteiger partial charge in [0.05, 0.1) is 19.4 Å². The average molecular weight is 1450 g/mol. The van der Waals surface area contributed by atoms with Crippen LogP contribution in [-0.2, 0) is 86.4 Å². The maximum atomic E-state index is 15.2. The van der Waals surface area contributed by atoms with Crippen LogP contribution in [0.15, 0.2) is 97.2 Å². The van der Waals surface area contributed by atoms with E-state index in [1.165, 1.54) is 17.0 Å². The van der Waals surface area contributed by atoms with Crippen LogP contribution in [0.5, 0.6) is 0 Å². The van der Waals surface area contributed by atoms with Crippen molar-refractivity contribution >= 4 is 122 Å². The van der Waals surface area contributed by atoms with Crippen LogP contribution in [0.1, 0.15) is 82.4 Å². The summed E-state index contributed by atoms with van der Waals surface area (Å²) in [6, 6.07) is 9.64. The Kier molecular flexibility index (Phi) is 29.1. The molecule has 1 aromatic heterocycles. The van der Waals surface area contributed by atoms with Crippen LogP contribution in [0.25, 0.3) is 21.7 Å². The van der Waals surface area contributed by atoms with E-state index in [-0.39, 0.29) is 69.9 Å². The highest BCUT2D eigenvalue weighted by Gasteiger charge is 2.41. The third kappa shape index (κ3) is 23.7. The molecule has 0 radical (unpaired) electrons. The highest BCUT2D eigenvalue weighted by molar-refractivity contribution is 6.30. The molecule has 2 saturated heterocycles. The first-order chi connectivity index (χ1) is 49.1. The lowest BCUT2D eigenvalue weighted by molar-refractivity contribution is -0.145. The predicted molar refractivity (Wildman–Crippen MR) is 375 cm³/mol. The Morgan fingerprint density at radius 2 is 1.34 bits per heavy atom. The van der Waals surface area contributed by atoms with Crippen molar-refractivity contribution in [2.75, 3.05) is 32.7 Å². The molecule has 10 atom stereocenters. The monoisotopic (exact) mass is 1450 g/mol. The number of H-pyrrole nitrogens is 1. The van der Waals surface area contributed by atoms with Gasteiger partial charge in [-0.25, -0.2) is 10.6 Å². The molecule has 103 heavy (non-hydrogen) atoms. The third-order valence-electron chi connectivity index (χ3n) is 17.1. The Hall–Kier alpha value is -11.3. The van der Waals surface area contributed by atoms with Gasteiger partial charge >= 0.3 is 5.97 Å². The number of para-hydroxylation sites is 1. The Balaban J connectivity index is 1.24. The number of aliphatic carboxylic acids is 1. The maximum absolute atomic E-state index is 15.2. The molecule has 0 saturated carbocycles. The van der Waals surface area contributed by atoms with Crippen molar-refractivity contribution in [2.24, 2.45) is 23.2 Å². The number of hydrogen-bond donors (Lipinski definition) is 19. The van der Waals surface area contributed by atoms with Crippen LogP contribution in [0, 0.1) is 11.3 Å². The summed E-state index contributed by atoms with van der Waals surface area (Å²) in [7, 11) is 0. The lowest BCUT2D eigenvalue weighted by atomic mass is 9.98. The maximum Gasteiger partial charge on any atom is 0.327 e. The molecule has 7 rings (SSSR count). The van der Waals surface area contributed by atoms with E-state index < -0.39 is 176 Å². The molecular weight excluding hydrogens is 1360 g/mol. The summed E-state index contributed by atoms with van der Waals surface area (Å²) in [5.41, 5.74) is 15.0. The lowest BCUT2D eigenvalue weighted by Gasteiger charge is -2.31. The number of amides is 13. The quantitative estimate of drug-likeness (QED) is 0.00645. The molecule has 13 amide bonds. The number of carboxylic acid groups (broad SMARTS) is 1. The van der Waals surface area contributed by atoms with Crippen molar-refractivity contribution in [3.63, 3.8) is 0 Å². The number of halogens is 1. The minimum Gasteiger partial charge on any atom is -0.480 e. The zero-order chi connectivity index (χ0) is 75.0. The largest absolute Gasteiger partial charge is 0.480 e. The number of hydrogen-bond acceptors (Lipinski definition) is 17. The summed E-state index contributed by atoms with van der Waals surface area (Å²) < 4.78 is 0. The number of fused-ring (bicyclic) bond motifs is 2.